The lowest BCUT2D eigenvalue weighted by molar-refractivity contribution is -0.384. The quantitative estimate of drug-likeness (QED) is 0.355. The number of aryl methyl sites for hydroxylation is 2. The Hall–Kier alpha value is -3.41. The lowest BCUT2D eigenvalue weighted by Gasteiger charge is -2.07. The van der Waals surface area contributed by atoms with E-state index < -0.39 is 23.4 Å². The molecule has 2 heterocycles. The van der Waals surface area contributed by atoms with E-state index in [1.54, 1.807) is 19.9 Å². The third kappa shape index (κ3) is 4.11. The molecule has 28 heavy (non-hydrogen) atoms. The number of carbonyl (C=O) groups is 2. The summed E-state index contributed by atoms with van der Waals surface area (Å²) in [7, 11) is 0. The number of nitro benzene ring substituents is 1. The fraction of sp³-hybridized carbons (Fsp3) is 0.188. The molecular formula is C16H13BrN6O5. The number of nitro groups is 1. The van der Waals surface area contributed by atoms with Gasteiger partial charge in [-0.2, -0.15) is 4.98 Å². The predicted octanol–water partition coefficient (Wildman–Crippen LogP) is 2.21. The Kier molecular flexibility index (Phi) is 5.31. The number of hydrogen-bond acceptors (Lipinski definition) is 8. The average molecular weight is 449 g/mol. The molecule has 0 aliphatic heterocycles. The maximum Gasteiger partial charge on any atom is 0.378 e. The second-order valence-electron chi connectivity index (χ2n) is 5.73. The van der Waals surface area contributed by atoms with Gasteiger partial charge in [0.1, 0.15) is 0 Å². The first-order chi connectivity index (χ1) is 13.2. The maximum atomic E-state index is 12.1. The molecule has 12 heteroatoms. The number of ether oxygens (including phenoxy) is 1. The molecule has 0 spiro atoms. The highest BCUT2D eigenvalue weighted by Crippen LogP contribution is 2.27. The van der Waals surface area contributed by atoms with E-state index >= 15 is 0 Å². The van der Waals surface area contributed by atoms with Gasteiger partial charge in [-0.3, -0.25) is 14.9 Å². The van der Waals surface area contributed by atoms with E-state index in [9.17, 15) is 19.7 Å². The normalized spacial score (nSPS) is 10.7. The number of hydrogen-bond donors (Lipinski definition) is 1. The number of anilines is 1. The number of non-ortho nitro benzene ring substituents is 1. The fourth-order valence-corrected chi connectivity index (χ4v) is 2.82. The number of nitrogens with one attached hydrogen (secondary N) is 1. The Balaban J connectivity index is 1.64. The Morgan fingerprint density at radius 3 is 2.71 bits per heavy atom. The van der Waals surface area contributed by atoms with Gasteiger partial charge >= 0.3 is 5.97 Å². The Labute approximate surface area is 166 Å². The van der Waals surface area contributed by atoms with E-state index in [1.807, 2.05) is 0 Å². The molecule has 3 aromatic rings. The van der Waals surface area contributed by atoms with Crippen molar-refractivity contribution in [3.05, 3.63) is 56.1 Å². The second-order valence-corrected chi connectivity index (χ2v) is 6.59. The van der Waals surface area contributed by atoms with Crippen LogP contribution in [-0.2, 0) is 9.53 Å². The lowest BCUT2D eigenvalue weighted by Crippen LogP contribution is -2.21. The van der Waals surface area contributed by atoms with Gasteiger partial charge in [0.05, 0.1) is 10.6 Å². The van der Waals surface area contributed by atoms with E-state index in [4.69, 9.17) is 4.74 Å². The zero-order valence-corrected chi connectivity index (χ0v) is 16.3. The number of carbonyl (C=O) groups excluding carboxylic acids is 2. The summed E-state index contributed by atoms with van der Waals surface area (Å²) in [5.41, 5.74) is 1.64. The van der Waals surface area contributed by atoms with Gasteiger partial charge in [-0.1, -0.05) is 0 Å². The second kappa shape index (κ2) is 7.68. The van der Waals surface area contributed by atoms with Crippen LogP contribution in [0.25, 0.3) is 5.78 Å². The molecule has 1 amide bonds. The molecule has 1 aromatic carbocycles. The summed E-state index contributed by atoms with van der Waals surface area (Å²) in [6.45, 7) is 3.00. The summed E-state index contributed by atoms with van der Waals surface area (Å²) >= 11 is 3.14. The fourth-order valence-electron chi connectivity index (χ4n) is 2.35. The number of amides is 1. The van der Waals surface area contributed by atoms with Crippen molar-refractivity contribution in [3.8, 4) is 0 Å². The summed E-state index contributed by atoms with van der Waals surface area (Å²) in [6, 6.07) is 5.64. The van der Waals surface area contributed by atoms with Gasteiger partial charge in [-0.05, 0) is 41.9 Å². The highest BCUT2D eigenvalue weighted by atomic mass is 79.9. The van der Waals surface area contributed by atoms with Crippen LogP contribution in [0.1, 0.15) is 22.0 Å². The van der Waals surface area contributed by atoms with Crippen LogP contribution in [0.15, 0.2) is 28.7 Å². The molecule has 0 bridgehead atoms. The third-order valence-electron chi connectivity index (χ3n) is 3.57. The molecule has 11 nitrogen and oxygen atoms in total. The van der Waals surface area contributed by atoms with E-state index in [0.717, 1.165) is 11.4 Å². The predicted molar refractivity (Wildman–Crippen MR) is 100.0 cm³/mol. The Bertz CT molecular complexity index is 1110. The molecule has 1 N–H and O–H groups in total. The third-order valence-corrected chi connectivity index (χ3v) is 4.23. The zero-order valence-electron chi connectivity index (χ0n) is 14.7. The molecule has 0 radical (unpaired) electrons. The molecule has 0 saturated heterocycles. The molecule has 0 aliphatic rings. The van der Waals surface area contributed by atoms with E-state index in [-0.39, 0.29) is 17.3 Å². The van der Waals surface area contributed by atoms with Crippen LogP contribution in [0.3, 0.4) is 0 Å². The molecule has 2 aromatic heterocycles. The lowest BCUT2D eigenvalue weighted by atomic mass is 10.3. The van der Waals surface area contributed by atoms with Crippen molar-refractivity contribution >= 4 is 45.0 Å². The molecule has 0 aliphatic carbocycles. The molecular weight excluding hydrogens is 436 g/mol. The first-order valence-electron chi connectivity index (χ1n) is 7.86. The number of fused-ring (bicyclic) bond motifs is 1. The molecule has 3 rings (SSSR count). The maximum absolute atomic E-state index is 12.1. The van der Waals surface area contributed by atoms with Crippen molar-refractivity contribution < 1.29 is 19.2 Å². The van der Waals surface area contributed by atoms with Gasteiger partial charge in [0.2, 0.25) is 0 Å². The highest BCUT2D eigenvalue weighted by molar-refractivity contribution is 9.10. The molecule has 0 fully saturated rings. The Morgan fingerprint density at radius 2 is 2.04 bits per heavy atom. The van der Waals surface area contributed by atoms with E-state index in [1.165, 1.54) is 22.7 Å². The largest absolute Gasteiger partial charge is 0.450 e. The van der Waals surface area contributed by atoms with Crippen LogP contribution >= 0.6 is 15.9 Å². The van der Waals surface area contributed by atoms with Crippen LogP contribution in [0.5, 0.6) is 0 Å². The standard InChI is InChI=1S/C16H13BrN6O5/c1-8-5-9(2)22-16(18-8)20-14(21-22)15(25)28-7-13(24)19-12-4-3-10(23(26)27)6-11(12)17/h3-6H,7H2,1-2H3,(H,19,24). The van der Waals surface area contributed by atoms with Crippen molar-refractivity contribution in [3.63, 3.8) is 0 Å². The molecule has 0 unspecified atom stereocenters. The van der Waals surface area contributed by atoms with Gasteiger partial charge < -0.3 is 10.1 Å². The number of rotatable bonds is 5. The van der Waals surface area contributed by atoms with Crippen molar-refractivity contribution in [2.75, 3.05) is 11.9 Å². The van der Waals surface area contributed by atoms with Gasteiger partial charge in [0.25, 0.3) is 23.2 Å². The minimum atomic E-state index is -0.875. The van der Waals surface area contributed by atoms with E-state index in [0.29, 0.717) is 10.2 Å². The minimum Gasteiger partial charge on any atom is -0.450 e. The Morgan fingerprint density at radius 1 is 1.29 bits per heavy atom. The summed E-state index contributed by atoms with van der Waals surface area (Å²) < 4.78 is 6.64. The van der Waals surface area contributed by atoms with Crippen LogP contribution in [-0.4, -0.2) is 43.0 Å². The van der Waals surface area contributed by atoms with Crippen molar-refractivity contribution in [1.82, 2.24) is 19.6 Å². The first kappa shape index (κ1) is 19.4. The highest BCUT2D eigenvalue weighted by Gasteiger charge is 2.18. The molecule has 0 saturated carbocycles. The van der Waals surface area contributed by atoms with E-state index in [2.05, 4.69) is 36.3 Å². The van der Waals surface area contributed by atoms with Gasteiger partial charge in [0.15, 0.2) is 6.61 Å². The van der Waals surface area contributed by atoms with Crippen LogP contribution in [0, 0.1) is 24.0 Å². The van der Waals surface area contributed by atoms with Crippen LogP contribution in [0.4, 0.5) is 11.4 Å². The summed E-state index contributed by atoms with van der Waals surface area (Å²) in [6.07, 6.45) is 0. The summed E-state index contributed by atoms with van der Waals surface area (Å²) in [5.74, 6) is -1.47. The van der Waals surface area contributed by atoms with Gasteiger partial charge in [0, 0.05) is 28.0 Å². The molecule has 0 atom stereocenters. The SMILES string of the molecule is Cc1cc(C)n2nc(C(=O)OCC(=O)Nc3ccc([N+](=O)[O-])cc3Br)nc2n1. The zero-order chi connectivity index (χ0) is 20.4. The number of halogens is 1. The van der Waals surface area contributed by atoms with Crippen molar-refractivity contribution in [2.45, 2.75) is 13.8 Å². The number of aromatic nitrogens is 4. The van der Waals surface area contributed by atoms with Crippen molar-refractivity contribution in [1.29, 1.82) is 0 Å². The van der Waals surface area contributed by atoms with Crippen LogP contribution < -0.4 is 5.32 Å². The topological polar surface area (TPSA) is 142 Å². The summed E-state index contributed by atoms with van der Waals surface area (Å²) in [4.78, 5) is 42.4. The minimum absolute atomic E-state index is 0.131. The average Bonchev–Trinajstić information content (AvgIpc) is 3.05. The van der Waals surface area contributed by atoms with Gasteiger partial charge in [-0.15, -0.1) is 5.10 Å². The monoisotopic (exact) mass is 448 g/mol. The number of esters is 1. The molecule has 144 valence electrons. The number of benzene rings is 1. The summed E-state index contributed by atoms with van der Waals surface area (Å²) in [5, 5.41) is 17.2. The van der Waals surface area contributed by atoms with Gasteiger partial charge in [-0.25, -0.2) is 14.3 Å². The van der Waals surface area contributed by atoms with Crippen molar-refractivity contribution in [2.24, 2.45) is 0 Å². The smallest absolute Gasteiger partial charge is 0.378 e. The first-order valence-corrected chi connectivity index (χ1v) is 8.66. The van der Waals surface area contributed by atoms with Crippen LogP contribution in [0.2, 0.25) is 0 Å². The number of nitrogens with zero attached hydrogens (tertiary/aromatic N) is 5.